The minimum Gasteiger partial charge on any atom is -0.493 e. The summed E-state index contributed by atoms with van der Waals surface area (Å²) in [4.78, 5) is 26.3. The molecule has 2 aromatic carbocycles. The molecule has 5 nitrogen and oxygen atoms in total. The predicted octanol–water partition coefficient (Wildman–Crippen LogP) is 3.88. The highest BCUT2D eigenvalue weighted by Gasteiger charge is 2.13. The monoisotopic (exact) mass is 354 g/mol. The van der Waals surface area contributed by atoms with Crippen LogP contribution in [0.3, 0.4) is 0 Å². The smallest absolute Gasteiger partial charge is 0.253 e. The molecule has 0 radical (unpaired) electrons. The van der Waals surface area contributed by atoms with Gasteiger partial charge in [-0.15, -0.1) is 0 Å². The number of carbonyl (C=O) groups is 2. The van der Waals surface area contributed by atoms with E-state index in [1.165, 1.54) is 0 Å². The van der Waals surface area contributed by atoms with Crippen LogP contribution >= 0.6 is 0 Å². The van der Waals surface area contributed by atoms with E-state index in [0.29, 0.717) is 30.9 Å². The van der Waals surface area contributed by atoms with Crippen LogP contribution in [0.25, 0.3) is 0 Å². The molecular formula is C21H26N2O3. The Labute approximate surface area is 155 Å². The number of benzene rings is 2. The normalized spacial score (nSPS) is 10.3. The van der Waals surface area contributed by atoms with E-state index in [4.69, 9.17) is 4.74 Å². The van der Waals surface area contributed by atoms with Crippen LogP contribution in [0.4, 0.5) is 5.69 Å². The average Bonchev–Trinajstić information content (AvgIpc) is 2.64. The first-order chi connectivity index (χ1) is 12.5. The van der Waals surface area contributed by atoms with Crippen molar-refractivity contribution in [1.82, 2.24) is 4.90 Å². The predicted molar refractivity (Wildman–Crippen MR) is 104 cm³/mol. The minimum atomic E-state index is -0.147. The molecule has 0 heterocycles. The fourth-order valence-electron chi connectivity index (χ4n) is 2.62. The number of nitrogens with one attached hydrogen (secondary N) is 1. The van der Waals surface area contributed by atoms with E-state index in [1.807, 2.05) is 45.0 Å². The lowest BCUT2D eigenvalue weighted by atomic mass is 10.1. The van der Waals surface area contributed by atoms with Gasteiger partial charge in [0.1, 0.15) is 5.75 Å². The highest BCUT2D eigenvalue weighted by Crippen LogP contribution is 2.17. The summed E-state index contributed by atoms with van der Waals surface area (Å²) in [5.41, 5.74) is 2.22. The Morgan fingerprint density at radius 1 is 1.04 bits per heavy atom. The van der Waals surface area contributed by atoms with Gasteiger partial charge in [-0.2, -0.15) is 0 Å². The van der Waals surface area contributed by atoms with Crippen molar-refractivity contribution in [3.8, 4) is 5.75 Å². The van der Waals surface area contributed by atoms with Gasteiger partial charge in [0.15, 0.2) is 0 Å². The summed E-state index contributed by atoms with van der Waals surface area (Å²) in [5, 5.41) is 2.82. The second-order valence-electron chi connectivity index (χ2n) is 5.97. The van der Waals surface area contributed by atoms with E-state index in [2.05, 4.69) is 5.32 Å². The van der Waals surface area contributed by atoms with Gasteiger partial charge in [0.2, 0.25) is 5.91 Å². The molecule has 5 heteroatoms. The number of hydrogen-bond acceptors (Lipinski definition) is 3. The molecule has 0 bridgehead atoms. The number of rotatable bonds is 8. The molecule has 2 aromatic rings. The molecule has 0 fully saturated rings. The first-order valence-corrected chi connectivity index (χ1v) is 8.92. The van der Waals surface area contributed by atoms with Gasteiger partial charge in [-0.05, 0) is 50.6 Å². The highest BCUT2D eigenvalue weighted by molar-refractivity contribution is 5.97. The second-order valence-corrected chi connectivity index (χ2v) is 5.97. The van der Waals surface area contributed by atoms with E-state index in [-0.39, 0.29) is 18.2 Å². The Balaban J connectivity index is 1.90. The summed E-state index contributed by atoms with van der Waals surface area (Å²) in [6, 6.07) is 14.7. The van der Waals surface area contributed by atoms with Gasteiger partial charge >= 0.3 is 0 Å². The van der Waals surface area contributed by atoms with Gasteiger partial charge in [0.05, 0.1) is 13.0 Å². The Bertz CT molecular complexity index is 754. The lowest BCUT2D eigenvalue weighted by Gasteiger charge is -2.19. The molecule has 0 spiro atoms. The van der Waals surface area contributed by atoms with Crippen molar-refractivity contribution in [2.24, 2.45) is 0 Å². The van der Waals surface area contributed by atoms with Gasteiger partial charge in [0, 0.05) is 24.3 Å². The lowest BCUT2D eigenvalue weighted by molar-refractivity contribution is -0.116. The maximum absolute atomic E-state index is 12.4. The average molecular weight is 354 g/mol. The molecule has 0 aliphatic rings. The van der Waals surface area contributed by atoms with Crippen LogP contribution in [-0.2, 0) is 4.79 Å². The Morgan fingerprint density at radius 3 is 2.46 bits per heavy atom. The Kier molecular flexibility index (Phi) is 7.21. The van der Waals surface area contributed by atoms with Gasteiger partial charge in [-0.1, -0.05) is 24.3 Å². The number of anilines is 1. The van der Waals surface area contributed by atoms with Crippen molar-refractivity contribution in [3.05, 3.63) is 59.7 Å². The number of hydrogen-bond donors (Lipinski definition) is 1. The molecule has 0 saturated heterocycles. The zero-order valence-corrected chi connectivity index (χ0v) is 15.6. The van der Waals surface area contributed by atoms with Gasteiger partial charge in [-0.25, -0.2) is 0 Å². The van der Waals surface area contributed by atoms with Crippen LogP contribution in [0, 0.1) is 6.92 Å². The maximum Gasteiger partial charge on any atom is 0.253 e. The number of aryl methyl sites for hydroxylation is 1. The first-order valence-electron chi connectivity index (χ1n) is 8.92. The topological polar surface area (TPSA) is 58.6 Å². The third kappa shape index (κ3) is 5.34. The molecule has 2 rings (SSSR count). The molecule has 1 N–H and O–H groups in total. The van der Waals surface area contributed by atoms with E-state index < -0.39 is 0 Å². The summed E-state index contributed by atoms with van der Waals surface area (Å²) >= 11 is 0. The van der Waals surface area contributed by atoms with Crippen LogP contribution in [0.15, 0.2) is 48.5 Å². The molecule has 0 aromatic heterocycles. The number of amides is 2. The van der Waals surface area contributed by atoms with Crippen molar-refractivity contribution in [2.45, 2.75) is 27.2 Å². The summed E-state index contributed by atoms with van der Waals surface area (Å²) in [6.07, 6.45) is 0.239. The molecule has 0 aliphatic heterocycles. The number of para-hydroxylation sites is 1. The molecule has 26 heavy (non-hydrogen) atoms. The minimum absolute atomic E-state index is 0.0333. The SMILES string of the molecule is CCN(CC)C(=O)c1cccc(NC(=O)CCOc2ccccc2C)c1. The largest absolute Gasteiger partial charge is 0.493 e. The number of carbonyl (C=O) groups excluding carboxylic acids is 2. The second kappa shape index (κ2) is 9.61. The molecular weight excluding hydrogens is 328 g/mol. The van der Waals surface area contributed by atoms with Gasteiger partial charge in [-0.3, -0.25) is 9.59 Å². The van der Waals surface area contributed by atoms with Crippen molar-refractivity contribution in [1.29, 1.82) is 0 Å². The number of nitrogens with zero attached hydrogens (tertiary/aromatic N) is 1. The van der Waals surface area contributed by atoms with E-state index in [9.17, 15) is 9.59 Å². The lowest BCUT2D eigenvalue weighted by Crippen LogP contribution is -2.30. The summed E-state index contributed by atoms with van der Waals surface area (Å²) in [5.74, 6) is 0.604. The molecule has 0 aliphatic carbocycles. The quantitative estimate of drug-likeness (QED) is 0.782. The van der Waals surface area contributed by atoms with Crippen molar-refractivity contribution >= 4 is 17.5 Å². The molecule has 2 amide bonds. The van der Waals surface area contributed by atoms with E-state index in [1.54, 1.807) is 29.2 Å². The highest BCUT2D eigenvalue weighted by atomic mass is 16.5. The number of ether oxygens (including phenoxy) is 1. The van der Waals surface area contributed by atoms with Crippen LogP contribution in [0.5, 0.6) is 5.75 Å². The fourth-order valence-corrected chi connectivity index (χ4v) is 2.62. The van der Waals surface area contributed by atoms with Crippen LogP contribution < -0.4 is 10.1 Å². The third-order valence-electron chi connectivity index (χ3n) is 4.12. The fraction of sp³-hybridized carbons (Fsp3) is 0.333. The van der Waals surface area contributed by atoms with Crippen molar-refractivity contribution in [2.75, 3.05) is 25.0 Å². The zero-order chi connectivity index (χ0) is 18.9. The summed E-state index contributed by atoms with van der Waals surface area (Å²) in [6.45, 7) is 7.47. The maximum atomic E-state index is 12.4. The zero-order valence-electron chi connectivity index (χ0n) is 15.6. The van der Waals surface area contributed by atoms with Crippen LogP contribution in [0.1, 0.15) is 36.2 Å². The molecule has 0 unspecified atom stereocenters. The Hall–Kier alpha value is -2.82. The first kappa shape index (κ1) is 19.5. The standard InChI is InChI=1S/C21H26N2O3/c1-4-23(5-2)21(25)17-10-8-11-18(15-17)22-20(24)13-14-26-19-12-7-6-9-16(19)3/h6-12,15H,4-5,13-14H2,1-3H3,(H,22,24). The third-order valence-corrected chi connectivity index (χ3v) is 4.12. The molecule has 0 atom stereocenters. The molecule has 138 valence electrons. The van der Waals surface area contributed by atoms with E-state index >= 15 is 0 Å². The summed E-state index contributed by atoms with van der Waals surface area (Å²) in [7, 11) is 0. The van der Waals surface area contributed by atoms with E-state index in [0.717, 1.165) is 11.3 Å². The van der Waals surface area contributed by atoms with Crippen molar-refractivity contribution < 1.29 is 14.3 Å². The van der Waals surface area contributed by atoms with Crippen LogP contribution in [-0.4, -0.2) is 36.4 Å². The van der Waals surface area contributed by atoms with Gasteiger partial charge < -0.3 is 15.0 Å². The van der Waals surface area contributed by atoms with Gasteiger partial charge in [0.25, 0.3) is 5.91 Å². The van der Waals surface area contributed by atoms with Crippen LogP contribution in [0.2, 0.25) is 0 Å². The molecule has 0 saturated carbocycles. The summed E-state index contributed by atoms with van der Waals surface area (Å²) < 4.78 is 5.65. The van der Waals surface area contributed by atoms with Crippen molar-refractivity contribution in [3.63, 3.8) is 0 Å². The Morgan fingerprint density at radius 2 is 1.77 bits per heavy atom.